The van der Waals surface area contributed by atoms with E-state index in [9.17, 15) is 4.79 Å². The van der Waals surface area contributed by atoms with Crippen molar-refractivity contribution in [2.24, 2.45) is 0 Å². The Labute approximate surface area is 157 Å². The van der Waals surface area contributed by atoms with Gasteiger partial charge in [-0.1, -0.05) is 44.2 Å². The van der Waals surface area contributed by atoms with E-state index in [1.54, 1.807) is 0 Å². The molecule has 0 saturated heterocycles. The number of carbonyl (C=O) groups excluding carboxylic acids is 1. The van der Waals surface area contributed by atoms with Gasteiger partial charge in [-0.15, -0.1) is 0 Å². The zero-order valence-electron chi connectivity index (χ0n) is 16.5. The van der Waals surface area contributed by atoms with Gasteiger partial charge in [-0.2, -0.15) is 0 Å². The zero-order valence-corrected chi connectivity index (χ0v) is 16.5. The van der Waals surface area contributed by atoms with Crippen molar-refractivity contribution in [1.29, 1.82) is 0 Å². The molecule has 0 aromatic heterocycles. The SMILES string of the molecule is CCOc1ccc(CN(C)C(C)C(=O)Nc2ccccc2C(C)C)cc1. The van der Waals surface area contributed by atoms with Crippen LogP contribution in [0.4, 0.5) is 5.69 Å². The number of anilines is 1. The van der Waals surface area contributed by atoms with E-state index < -0.39 is 0 Å². The van der Waals surface area contributed by atoms with Crippen LogP contribution in [0.25, 0.3) is 0 Å². The van der Waals surface area contributed by atoms with Crippen LogP contribution >= 0.6 is 0 Å². The van der Waals surface area contributed by atoms with Crippen molar-refractivity contribution in [3.05, 3.63) is 59.7 Å². The van der Waals surface area contributed by atoms with Crippen LogP contribution in [-0.2, 0) is 11.3 Å². The Morgan fingerprint density at radius 1 is 1.08 bits per heavy atom. The summed E-state index contributed by atoms with van der Waals surface area (Å²) in [6.07, 6.45) is 0. The smallest absolute Gasteiger partial charge is 0.241 e. The molecule has 1 N–H and O–H groups in total. The number of likely N-dealkylation sites (N-methyl/N-ethyl adjacent to an activating group) is 1. The molecule has 0 saturated carbocycles. The minimum Gasteiger partial charge on any atom is -0.494 e. The van der Waals surface area contributed by atoms with Crippen LogP contribution in [0.2, 0.25) is 0 Å². The first kappa shape index (κ1) is 20.0. The molecule has 0 bridgehead atoms. The van der Waals surface area contributed by atoms with E-state index in [0.717, 1.165) is 22.6 Å². The zero-order chi connectivity index (χ0) is 19.1. The lowest BCUT2D eigenvalue weighted by atomic mass is 10.0. The molecule has 0 fully saturated rings. The molecule has 0 heterocycles. The van der Waals surface area contributed by atoms with Crippen LogP contribution < -0.4 is 10.1 Å². The molecule has 4 heteroatoms. The third kappa shape index (κ3) is 5.33. The molecular formula is C22H30N2O2. The van der Waals surface area contributed by atoms with Crippen LogP contribution in [0, 0.1) is 0 Å². The van der Waals surface area contributed by atoms with E-state index in [-0.39, 0.29) is 11.9 Å². The van der Waals surface area contributed by atoms with Crippen molar-refractivity contribution < 1.29 is 9.53 Å². The van der Waals surface area contributed by atoms with Gasteiger partial charge in [0.15, 0.2) is 0 Å². The lowest BCUT2D eigenvalue weighted by molar-refractivity contribution is -0.120. The van der Waals surface area contributed by atoms with Crippen LogP contribution in [-0.4, -0.2) is 30.5 Å². The molecule has 140 valence electrons. The average Bonchev–Trinajstić information content (AvgIpc) is 2.63. The van der Waals surface area contributed by atoms with Gasteiger partial charge in [0.25, 0.3) is 0 Å². The maximum Gasteiger partial charge on any atom is 0.241 e. The van der Waals surface area contributed by atoms with Gasteiger partial charge in [0.1, 0.15) is 5.75 Å². The summed E-state index contributed by atoms with van der Waals surface area (Å²) in [7, 11) is 1.97. The summed E-state index contributed by atoms with van der Waals surface area (Å²) < 4.78 is 5.47. The molecule has 2 rings (SSSR count). The maximum atomic E-state index is 12.7. The quantitative estimate of drug-likeness (QED) is 0.749. The minimum atomic E-state index is -0.234. The lowest BCUT2D eigenvalue weighted by Crippen LogP contribution is -2.39. The predicted molar refractivity (Wildman–Crippen MR) is 108 cm³/mol. The summed E-state index contributed by atoms with van der Waals surface area (Å²) in [5.41, 5.74) is 3.20. The number of ether oxygens (including phenoxy) is 1. The second kappa shape index (κ2) is 9.39. The molecule has 0 spiro atoms. The van der Waals surface area contributed by atoms with Gasteiger partial charge in [-0.05, 0) is 56.1 Å². The molecule has 0 aliphatic heterocycles. The Balaban J connectivity index is 1.99. The summed E-state index contributed by atoms with van der Waals surface area (Å²) in [4.78, 5) is 14.7. The first-order valence-electron chi connectivity index (χ1n) is 9.24. The molecule has 26 heavy (non-hydrogen) atoms. The van der Waals surface area contributed by atoms with Gasteiger partial charge < -0.3 is 10.1 Å². The Morgan fingerprint density at radius 2 is 1.73 bits per heavy atom. The van der Waals surface area contributed by atoms with Crippen molar-refractivity contribution in [1.82, 2.24) is 4.90 Å². The molecule has 1 atom stereocenters. The summed E-state index contributed by atoms with van der Waals surface area (Å²) in [5.74, 6) is 1.24. The Hall–Kier alpha value is -2.33. The molecule has 1 unspecified atom stereocenters. The summed E-state index contributed by atoms with van der Waals surface area (Å²) in [5, 5.41) is 3.08. The number of nitrogens with zero attached hydrogens (tertiary/aromatic N) is 1. The summed E-state index contributed by atoms with van der Waals surface area (Å²) in [6.45, 7) is 9.53. The molecule has 0 aliphatic carbocycles. The number of hydrogen-bond acceptors (Lipinski definition) is 3. The highest BCUT2D eigenvalue weighted by Crippen LogP contribution is 2.24. The van der Waals surface area contributed by atoms with Gasteiger partial charge in [0, 0.05) is 12.2 Å². The second-order valence-corrected chi connectivity index (χ2v) is 6.90. The molecule has 2 aromatic carbocycles. The first-order chi connectivity index (χ1) is 12.4. The fourth-order valence-electron chi connectivity index (χ4n) is 2.83. The normalized spacial score (nSPS) is 12.3. The third-order valence-electron chi connectivity index (χ3n) is 4.55. The molecule has 4 nitrogen and oxygen atoms in total. The molecule has 2 aromatic rings. The number of nitrogens with one attached hydrogen (secondary N) is 1. The predicted octanol–water partition coefficient (Wildman–Crippen LogP) is 4.67. The van der Waals surface area contributed by atoms with E-state index in [0.29, 0.717) is 19.1 Å². The average molecular weight is 354 g/mol. The summed E-state index contributed by atoms with van der Waals surface area (Å²) in [6, 6.07) is 15.8. The minimum absolute atomic E-state index is 0.00605. The number of amides is 1. The van der Waals surface area contributed by atoms with Crippen LogP contribution in [0.15, 0.2) is 48.5 Å². The number of rotatable bonds is 8. The number of hydrogen-bond donors (Lipinski definition) is 1. The highest BCUT2D eigenvalue weighted by molar-refractivity contribution is 5.95. The van der Waals surface area contributed by atoms with Crippen molar-refractivity contribution in [2.75, 3.05) is 19.0 Å². The molecule has 0 aliphatic rings. The van der Waals surface area contributed by atoms with Crippen LogP contribution in [0.5, 0.6) is 5.75 Å². The largest absolute Gasteiger partial charge is 0.494 e. The van der Waals surface area contributed by atoms with Crippen molar-refractivity contribution in [2.45, 2.75) is 46.2 Å². The topological polar surface area (TPSA) is 41.6 Å². The number of benzene rings is 2. The Kier molecular flexibility index (Phi) is 7.22. The molecule has 0 radical (unpaired) electrons. The van der Waals surface area contributed by atoms with E-state index in [1.807, 2.05) is 68.3 Å². The van der Waals surface area contributed by atoms with Gasteiger partial charge in [-0.3, -0.25) is 9.69 Å². The number of carbonyl (C=O) groups is 1. The fraction of sp³-hybridized carbons (Fsp3) is 0.409. The standard InChI is InChI=1S/C22H30N2O2/c1-6-26-19-13-11-18(12-14-19)15-24(5)17(4)22(25)23-21-10-8-7-9-20(21)16(2)3/h7-14,16-17H,6,15H2,1-5H3,(H,23,25). The lowest BCUT2D eigenvalue weighted by Gasteiger charge is -2.25. The van der Waals surface area contributed by atoms with Crippen LogP contribution in [0.3, 0.4) is 0 Å². The Morgan fingerprint density at radius 3 is 2.35 bits per heavy atom. The second-order valence-electron chi connectivity index (χ2n) is 6.90. The molecule has 1 amide bonds. The molecular weight excluding hydrogens is 324 g/mol. The highest BCUT2D eigenvalue weighted by atomic mass is 16.5. The van der Waals surface area contributed by atoms with Gasteiger partial charge in [0.05, 0.1) is 12.6 Å². The number of para-hydroxylation sites is 1. The Bertz CT molecular complexity index is 710. The first-order valence-corrected chi connectivity index (χ1v) is 9.24. The summed E-state index contributed by atoms with van der Waals surface area (Å²) >= 11 is 0. The monoisotopic (exact) mass is 354 g/mol. The maximum absolute atomic E-state index is 12.7. The van der Waals surface area contributed by atoms with Gasteiger partial charge >= 0.3 is 0 Å². The van der Waals surface area contributed by atoms with Gasteiger partial charge in [0.2, 0.25) is 5.91 Å². The van der Waals surface area contributed by atoms with Crippen molar-refractivity contribution in [3.63, 3.8) is 0 Å². The van der Waals surface area contributed by atoms with E-state index >= 15 is 0 Å². The van der Waals surface area contributed by atoms with Crippen LogP contribution in [0.1, 0.15) is 44.7 Å². The highest BCUT2D eigenvalue weighted by Gasteiger charge is 2.19. The third-order valence-corrected chi connectivity index (χ3v) is 4.55. The van der Waals surface area contributed by atoms with Crippen molar-refractivity contribution >= 4 is 11.6 Å². The van der Waals surface area contributed by atoms with E-state index in [1.165, 1.54) is 0 Å². The van der Waals surface area contributed by atoms with Crippen molar-refractivity contribution in [3.8, 4) is 5.75 Å². The van der Waals surface area contributed by atoms with Gasteiger partial charge in [-0.25, -0.2) is 0 Å². The van der Waals surface area contributed by atoms with E-state index in [2.05, 4.69) is 25.2 Å². The van der Waals surface area contributed by atoms with E-state index in [4.69, 9.17) is 4.74 Å². The fourth-order valence-corrected chi connectivity index (χ4v) is 2.83.